The van der Waals surface area contributed by atoms with Crippen LogP contribution in [0.3, 0.4) is 0 Å². The van der Waals surface area contributed by atoms with Gasteiger partial charge in [-0.05, 0) is 119 Å². The third kappa shape index (κ3) is 4.28. The van der Waals surface area contributed by atoms with Gasteiger partial charge < -0.3 is 24.4 Å². The summed E-state index contributed by atoms with van der Waals surface area (Å²) in [5.41, 5.74) is -1.27. The Morgan fingerprint density at radius 2 is 1.66 bits per heavy atom. The van der Waals surface area contributed by atoms with Crippen molar-refractivity contribution in [3.05, 3.63) is 0 Å². The van der Waals surface area contributed by atoms with E-state index in [-0.39, 0.29) is 57.1 Å². The van der Waals surface area contributed by atoms with Gasteiger partial charge in [0.2, 0.25) is 0 Å². The number of esters is 2. The van der Waals surface area contributed by atoms with Crippen molar-refractivity contribution in [2.24, 2.45) is 50.7 Å². The lowest BCUT2D eigenvalue weighted by atomic mass is 9.41. The molecule has 1 heterocycles. The molecule has 0 aromatic heterocycles. The summed E-state index contributed by atoms with van der Waals surface area (Å²) in [6.45, 7) is 16.8. The molecular formula is C36H59NO7. The minimum Gasteiger partial charge on any atom is -0.461 e. The molecule has 1 saturated heterocycles. The number of carbonyl (C=O) groups excluding carboxylic acids is 2. The van der Waals surface area contributed by atoms with Crippen molar-refractivity contribution in [1.29, 1.82) is 0 Å². The van der Waals surface area contributed by atoms with Crippen molar-refractivity contribution in [1.82, 2.24) is 4.90 Å². The summed E-state index contributed by atoms with van der Waals surface area (Å²) >= 11 is 0. The average Bonchev–Trinajstić information content (AvgIpc) is 3.52. The molecular weight excluding hydrogens is 558 g/mol. The molecule has 0 aromatic rings. The lowest BCUT2D eigenvalue weighted by Crippen LogP contribution is -2.60. The highest BCUT2D eigenvalue weighted by atomic mass is 16.6. The summed E-state index contributed by atoms with van der Waals surface area (Å²) in [4.78, 5) is 26.6. The topological polar surface area (TPSA) is 106 Å². The van der Waals surface area contributed by atoms with E-state index in [4.69, 9.17) is 14.2 Å². The molecule has 5 aliphatic carbocycles. The van der Waals surface area contributed by atoms with Crippen molar-refractivity contribution in [2.45, 2.75) is 143 Å². The molecule has 44 heavy (non-hydrogen) atoms. The SMILES string of the molecule is CC(=O)O[C@@H]([C@H]1C[C@@H](C)C2C(O1)[C@H](O)[C@@]1(C)[C@@H]3CC[C@H]4C(C)(C)[C@@H](OC(=O)CN(C)C)CC[C@@]45C[C@@]35CC[C@]21C)C(C)(C)O. The third-order valence-corrected chi connectivity index (χ3v) is 14.8. The van der Waals surface area contributed by atoms with Gasteiger partial charge in [0.25, 0.3) is 0 Å². The van der Waals surface area contributed by atoms with Crippen molar-refractivity contribution in [3.63, 3.8) is 0 Å². The second kappa shape index (κ2) is 10.1. The van der Waals surface area contributed by atoms with Gasteiger partial charge in [0.05, 0.1) is 30.5 Å². The Balaban J connectivity index is 1.28. The minimum absolute atomic E-state index is 0.0590. The van der Waals surface area contributed by atoms with Crippen molar-refractivity contribution in [2.75, 3.05) is 20.6 Å². The molecule has 1 aliphatic heterocycles. The van der Waals surface area contributed by atoms with Gasteiger partial charge in [-0.2, -0.15) is 0 Å². The number of ether oxygens (including phenoxy) is 3. The van der Waals surface area contributed by atoms with Crippen molar-refractivity contribution >= 4 is 11.9 Å². The van der Waals surface area contributed by atoms with E-state index in [1.165, 1.54) is 19.8 Å². The largest absolute Gasteiger partial charge is 0.461 e. The number of aliphatic hydroxyl groups is 2. The fraction of sp³-hybridized carbons (Fsp3) is 0.944. The zero-order chi connectivity index (χ0) is 32.4. The highest BCUT2D eigenvalue weighted by Gasteiger charge is 2.84. The Labute approximate surface area is 264 Å². The van der Waals surface area contributed by atoms with Crippen molar-refractivity contribution < 1.29 is 34.0 Å². The molecule has 6 fully saturated rings. The van der Waals surface area contributed by atoms with Crippen LogP contribution in [0.25, 0.3) is 0 Å². The summed E-state index contributed by atoms with van der Waals surface area (Å²) in [5.74, 6) is 0.799. The third-order valence-electron chi connectivity index (χ3n) is 14.8. The molecule has 13 atom stereocenters. The second-order valence-electron chi connectivity index (χ2n) is 18.0. The smallest absolute Gasteiger partial charge is 0.320 e. The maximum atomic E-state index is 12.7. The Morgan fingerprint density at radius 1 is 1.02 bits per heavy atom. The van der Waals surface area contributed by atoms with Gasteiger partial charge in [-0.25, -0.2) is 0 Å². The Hall–Kier alpha value is -1.22. The van der Waals surface area contributed by atoms with E-state index in [0.29, 0.717) is 24.8 Å². The first-order valence-corrected chi connectivity index (χ1v) is 17.3. The standard InChI is InChI=1S/C36H59NO7/c1-20-17-22(30(32(5,6)41)42-21(2)38)43-28-27(20)33(7)15-16-36-19-35(36)14-13-25(44-26(39)18-37(9)10)31(3,4)23(35)11-12-24(36)34(33,8)29(28)40/h20,22-25,27-30,40-41H,11-19H2,1-10H3/t20-,22-,23+,24+,25+,27?,28?,29+,30+,33-,34-,35-,36+/m1/s1. The molecule has 2 spiro atoms. The van der Waals surface area contributed by atoms with Crippen LogP contribution >= 0.6 is 0 Å². The van der Waals surface area contributed by atoms with Gasteiger partial charge in [0.1, 0.15) is 6.10 Å². The summed E-state index contributed by atoms with van der Waals surface area (Å²) in [6, 6.07) is 0. The molecule has 8 heteroatoms. The van der Waals surface area contributed by atoms with Gasteiger partial charge in [0, 0.05) is 17.8 Å². The van der Waals surface area contributed by atoms with Gasteiger partial charge in [-0.3, -0.25) is 14.5 Å². The quantitative estimate of drug-likeness (QED) is 0.403. The van der Waals surface area contributed by atoms with Crippen LogP contribution in [0.5, 0.6) is 0 Å². The predicted octanol–water partition coefficient (Wildman–Crippen LogP) is 4.98. The first kappa shape index (κ1) is 32.7. The van der Waals surface area contributed by atoms with Gasteiger partial charge in [-0.1, -0.05) is 34.6 Å². The minimum atomic E-state index is -1.26. The average molecular weight is 618 g/mol. The van der Waals surface area contributed by atoms with Crippen LogP contribution in [-0.4, -0.2) is 83.8 Å². The van der Waals surface area contributed by atoms with Crippen LogP contribution in [-0.2, 0) is 23.8 Å². The number of fused-ring (bicyclic) bond motifs is 4. The summed E-state index contributed by atoms with van der Waals surface area (Å²) < 4.78 is 18.6. The number of hydrogen-bond donors (Lipinski definition) is 2. The molecule has 0 aromatic carbocycles. The van der Waals surface area contributed by atoms with E-state index in [1.807, 2.05) is 19.0 Å². The lowest BCUT2D eigenvalue weighted by Gasteiger charge is -2.63. The summed E-state index contributed by atoms with van der Waals surface area (Å²) in [5, 5.41) is 23.5. The Kier molecular flexibility index (Phi) is 7.54. The number of aliphatic hydroxyl groups excluding tert-OH is 1. The van der Waals surface area contributed by atoms with E-state index in [1.54, 1.807) is 13.8 Å². The van der Waals surface area contributed by atoms with Crippen LogP contribution < -0.4 is 0 Å². The molecule has 250 valence electrons. The molecule has 6 aliphatic rings. The molecule has 2 unspecified atom stereocenters. The van der Waals surface area contributed by atoms with Crippen LogP contribution in [0.1, 0.15) is 107 Å². The normalized spacial score (nSPS) is 49.5. The number of hydrogen-bond acceptors (Lipinski definition) is 8. The van der Waals surface area contributed by atoms with Gasteiger partial charge in [-0.15, -0.1) is 0 Å². The molecule has 6 rings (SSSR count). The number of rotatable bonds is 6. The van der Waals surface area contributed by atoms with Crippen LogP contribution in [0.4, 0.5) is 0 Å². The van der Waals surface area contributed by atoms with E-state index in [2.05, 4.69) is 34.6 Å². The Morgan fingerprint density at radius 3 is 2.27 bits per heavy atom. The molecule has 0 amide bonds. The number of carbonyl (C=O) groups is 2. The molecule has 8 nitrogen and oxygen atoms in total. The summed E-state index contributed by atoms with van der Waals surface area (Å²) in [7, 11) is 3.81. The molecule has 2 N–H and O–H groups in total. The highest BCUT2D eigenvalue weighted by Crippen LogP contribution is 2.89. The Bertz CT molecular complexity index is 1180. The lowest BCUT2D eigenvalue weighted by molar-refractivity contribution is -0.216. The van der Waals surface area contributed by atoms with Gasteiger partial charge >= 0.3 is 11.9 Å². The van der Waals surface area contributed by atoms with E-state index >= 15 is 0 Å². The fourth-order valence-electron chi connectivity index (χ4n) is 13.0. The molecule has 0 radical (unpaired) electrons. The first-order chi connectivity index (χ1) is 20.3. The maximum Gasteiger partial charge on any atom is 0.320 e. The fourth-order valence-corrected chi connectivity index (χ4v) is 13.0. The summed E-state index contributed by atoms with van der Waals surface area (Å²) in [6.07, 6.45) is 6.04. The zero-order valence-electron chi connectivity index (χ0n) is 28.9. The van der Waals surface area contributed by atoms with E-state index in [0.717, 1.165) is 32.1 Å². The predicted molar refractivity (Wildman–Crippen MR) is 166 cm³/mol. The number of nitrogens with zero attached hydrogens (tertiary/aromatic N) is 1. The van der Waals surface area contributed by atoms with Gasteiger partial charge in [0.15, 0.2) is 6.10 Å². The monoisotopic (exact) mass is 617 g/mol. The van der Waals surface area contributed by atoms with E-state index < -0.39 is 29.9 Å². The first-order valence-electron chi connectivity index (χ1n) is 17.3. The molecule has 5 saturated carbocycles. The second-order valence-corrected chi connectivity index (χ2v) is 18.0. The van der Waals surface area contributed by atoms with Crippen molar-refractivity contribution in [3.8, 4) is 0 Å². The highest BCUT2D eigenvalue weighted by molar-refractivity contribution is 5.71. The number of likely N-dealkylation sites (N-methyl/N-ethyl adjacent to an activating group) is 1. The molecule has 0 bridgehead atoms. The van der Waals surface area contributed by atoms with Crippen LogP contribution in [0.15, 0.2) is 0 Å². The zero-order valence-corrected chi connectivity index (χ0v) is 28.9. The van der Waals surface area contributed by atoms with E-state index in [9.17, 15) is 19.8 Å². The van der Waals surface area contributed by atoms with Crippen LogP contribution in [0, 0.1) is 50.7 Å². The van der Waals surface area contributed by atoms with Crippen LogP contribution in [0.2, 0.25) is 0 Å². The maximum absolute atomic E-state index is 12.7.